The van der Waals surface area contributed by atoms with Crippen LogP contribution in [-0.2, 0) is 0 Å². The normalized spacial score (nSPS) is 18.4. The third-order valence-electron chi connectivity index (χ3n) is 4.38. The van der Waals surface area contributed by atoms with Gasteiger partial charge in [0.05, 0.1) is 0 Å². The van der Waals surface area contributed by atoms with Crippen molar-refractivity contribution < 1.29 is 4.39 Å². The third kappa shape index (κ3) is 5.63. The molecule has 1 aromatic rings. The molecule has 118 valence electrons. The molecule has 0 bridgehead atoms. The molecule has 0 radical (unpaired) electrons. The van der Waals surface area contributed by atoms with Crippen molar-refractivity contribution in [3.63, 3.8) is 0 Å². The van der Waals surface area contributed by atoms with E-state index < -0.39 is 0 Å². The van der Waals surface area contributed by atoms with E-state index in [9.17, 15) is 4.39 Å². The first-order valence-electron chi connectivity index (χ1n) is 8.42. The zero-order chi connectivity index (χ0) is 14.9. The van der Waals surface area contributed by atoms with Gasteiger partial charge in [0.1, 0.15) is 5.82 Å². The quantitative estimate of drug-likeness (QED) is 0.545. The zero-order valence-corrected chi connectivity index (χ0v) is 13.9. The first kappa shape index (κ1) is 16.8. The van der Waals surface area contributed by atoms with Gasteiger partial charge < -0.3 is 5.32 Å². The van der Waals surface area contributed by atoms with Crippen molar-refractivity contribution in [2.45, 2.75) is 62.8 Å². The molecule has 1 unspecified atom stereocenters. The molecule has 2 rings (SSSR count). The lowest BCUT2D eigenvalue weighted by Gasteiger charge is -2.27. The third-order valence-corrected chi connectivity index (χ3v) is 5.55. The molecule has 1 aliphatic carbocycles. The van der Waals surface area contributed by atoms with Crippen molar-refractivity contribution in [1.82, 2.24) is 5.32 Å². The molecule has 1 nitrogen and oxygen atoms in total. The summed E-state index contributed by atoms with van der Waals surface area (Å²) >= 11 is 1.67. The van der Waals surface area contributed by atoms with E-state index in [1.807, 2.05) is 12.1 Å². The fourth-order valence-electron chi connectivity index (χ4n) is 3.15. The van der Waals surface area contributed by atoms with Crippen LogP contribution in [0.1, 0.15) is 51.9 Å². The first-order valence-corrected chi connectivity index (χ1v) is 9.40. The number of halogens is 1. The van der Waals surface area contributed by atoms with Gasteiger partial charge in [0.25, 0.3) is 0 Å². The Hall–Kier alpha value is -0.540. The molecule has 0 spiro atoms. The molecule has 21 heavy (non-hydrogen) atoms. The van der Waals surface area contributed by atoms with Gasteiger partial charge in [-0.3, -0.25) is 0 Å². The van der Waals surface area contributed by atoms with Gasteiger partial charge in [-0.1, -0.05) is 44.7 Å². The van der Waals surface area contributed by atoms with Gasteiger partial charge >= 0.3 is 0 Å². The Kier molecular flexibility index (Phi) is 7.59. The second-order valence-corrected chi connectivity index (χ2v) is 7.12. The Labute approximate surface area is 133 Å². The number of nitrogens with one attached hydrogen (secondary N) is 1. The monoisotopic (exact) mass is 309 g/mol. The first-order chi connectivity index (χ1) is 10.3. The van der Waals surface area contributed by atoms with Crippen LogP contribution >= 0.6 is 11.8 Å². The molecule has 0 amide bonds. The highest BCUT2D eigenvalue weighted by Crippen LogP contribution is 2.29. The number of hydrogen-bond donors (Lipinski definition) is 1. The van der Waals surface area contributed by atoms with Gasteiger partial charge in [0, 0.05) is 16.7 Å². The predicted molar refractivity (Wildman–Crippen MR) is 90.4 cm³/mol. The van der Waals surface area contributed by atoms with E-state index in [2.05, 4.69) is 12.2 Å². The molecule has 1 aliphatic rings. The van der Waals surface area contributed by atoms with E-state index in [4.69, 9.17) is 0 Å². The average molecular weight is 309 g/mol. The second kappa shape index (κ2) is 9.47. The minimum atomic E-state index is -0.0855. The van der Waals surface area contributed by atoms with Crippen LogP contribution in [0, 0.1) is 11.7 Å². The molecule has 1 atom stereocenters. The van der Waals surface area contributed by atoms with Gasteiger partial charge in [-0.25, -0.2) is 4.39 Å². The summed E-state index contributed by atoms with van der Waals surface area (Å²) in [5.41, 5.74) is 0. The molecule has 0 aromatic heterocycles. The van der Waals surface area contributed by atoms with Crippen LogP contribution < -0.4 is 5.32 Å². The summed E-state index contributed by atoms with van der Waals surface area (Å²) < 4.78 is 13.8. The van der Waals surface area contributed by atoms with Gasteiger partial charge in [0.2, 0.25) is 0 Å². The Morgan fingerprint density at radius 3 is 2.57 bits per heavy atom. The van der Waals surface area contributed by atoms with Crippen molar-refractivity contribution in [3.05, 3.63) is 30.1 Å². The number of thioether (sulfide) groups is 1. The van der Waals surface area contributed by atoms with E-state index in [0.717, 1.165) is 29.5 Å². The topological polar surface area (TPSA) is 12.0 Å². The Morgan fingerprint density at radius 1 is 1.19 bits per heavy atom. The van der Waals surface area contributed by atoms with Crippen LogP contribution in [0.15, 0.2) is 29.2 Å². The Bertz CT molecular complexity index is 402. The van der Waals surface area contributed by atoms with Crippen molar-refractivity contribution in [1.29, 1.82) is 0 Å². The van der Waals surface area contributed by atoms with Crippen molar-refractivity contribution in [2.75, 3.05) is 12.3 Å². The van der Waals surface area contributed by atoms with Crippen LogP contribution in [0.5, 0.6) is 0 Å². The highest BCUT2D eigenvalue weighted by molar-refractivity contribution is 7.99. The summed E-state index contributed by atoms with van der Waals surface area (Å²) in [5.74, 6) is 1.65. The van der Waals surface area contributed by atoms with E-state index in [-0.39, 0.29) is 5.82 Å². The number of rotatable bonds is 7. The highest BCUT2D eigenvalue weighted by Gasteiger charge is 2.22. The second-order valence-electron chi connectivity index (χ2n) is 6.05. The van der Waals surface area contributed by atoms with E-state index in [0.29, 0.717) is 6.04 Å². The van der Waals surface area contributed by atoms with Crippen molar-refractivity contribution in [2.24, 2.45) is 5.92 Å². The molecule has 0 aliphatic heterocycles. The van der Waals surface area contributed by atoms with E-state index >= 15 is 0 Å². The lowest BCUT2D eigenvalue weighted by molar-refractivity contribution is 0.343. The molecule has 3 heteroatoms. The molecule has 1 saturated carbocycles. The van der Waals surface area contributed by atoms with Crippen LogP contribution in [-0.4, -0.2) is 18.3 Å². The fraction of sp³-hybridized carbons (Fsp3) is 0.667. The predicted octanol–water partition coefficient (Wildman–Crippen LogP) is 5.26. The molecule has 0 heterocycles. The lowest BCUT2D eigenvalue weighted by Crippen LogP contribution is -2.38. The van der Waals surface area contributed by atoms with Gasteiger partial charge in [0.15, 0.2) is 0 Å². The van der Waals surface area contributed by atoms with Crippen molar-refractivity contribution >= 4 is 11.8 Å². The zero-order valence-electron chi connectivity index (χ0n) is 13.1. The molecule has 0 saturated heterocycles. The highest BCUT2D eigenvalue weighted by atomic mass is 32.2. The average Bonchev–Trinajstić information content (AvgIpc) is 2.78. The lowest BCUT2D eigenvalue weighted by atomic mass is 9.93. The maximum atomic E-state index is 13.8. The van der Waals surface area contributed by atoms with E-state index in [1.165, 1.54) is 38.5 Å². The number of hydrogen-bond acceptors (Lipinski definition) is 2. The minimum absolute atomic E-state index is 0.0855. The van der Waals surface area contributed by atoms with Gasteiger partial charge in [-0.15, -0.1) is 11.8 Å². The fourth-order valence-corrected chi connectivity index (χ4v) is 4.28. The number of benzene rings is 1. The van der Waals surface area contributed by atoms with Crippen LogP contribution in [0.25, 0.3) is 0 Å². The summed E-state index contributed by atoms with van der Waals surface area (Å²) in [6, 6.07) is 7.66. The molecule has 1 aromatic carbocycles. The van der Waals surface area contributed by atoms with Crippen LogP contribution in [0.2, 0.25) is 0 Å². The van der Waals surface area contributed by atoms with Crippen LogP contribution in [0.3, 0.4) is 0 Å². The smallest absolute Gasteiger partial charge is 0.136 e. The van der Waals surface area contributed by atoms with Crippen LogP contribution in [0.4, 0.5) is 4.39 Å². The van der Waals surface area contributed by atoms with E-state index in [1.54, 1.807) is 23.9 Å². The maximum Gasteiger partial charge on any atom is 0.136 e. The standard InChI is InChI=1S/C18H28FNS/c1-2-13-20-17(15-9-5-3-4-6-10-15)14-21-18-12-8-7-11-16(18)19/h7-8,11-12,15,17,20H,2-6,9-10,13-14H2,1H3. The SMILES string of the molecule is CCCNC(CSc1ccccc1F)C1CCCCCC1. The largest absolute Gasteiger partial charge is 0.313 e. The van der Waals surface area contributed by atoms with Gasteiger partial charge in [-0.2, -0.15) is 0 Å². The molecular weight excluding hydrogens is 281 g/mol. The summed E-state index contributed by atoms with van der Waals surface area (Å²) in [6.07, 6.45) is 9.32. The summed E-state index contributed by atoms with van der Waals surface area (Å²) in [6.45, 7) is 3.28. The minimum Gasteiger partial charge on any atom is -0.313 e. The van der Waals surface area contributed by atoms with Gasteiger partial charge in [-0.05, 0) is 43.9 Å². The summed E-state index contributed by atoms with van der Waals surface area (Å²) in [7, 11) is 0. The maximum absolute atomic E-state index is 13.8. The molecular formula is C18H28FNS. The Morgan fingerprint density at radius 2 is 1.90 bits per heavy atom. The summed E-state index contributed by atoms with van der Waals surface area (Å²) in [4.78, 5) is 0.787. The van der Waals surface area contributed by atoms with Crippen molar-refractivity contribution in [3.8, 4) is 0 Å². The summed E-state index contributed by atoms with van der Waals surface area (Å²) in [5, 5.41) is 3.71. The molecule has 1 fully saturated rings. The Balaban J connectivity index is 1.93. The molecule has 1 N–H and O–H groups in total.